The maximum atomic E-state index is 5.74. The molecule has 2 rings (SSSR count). The predicted molar refractivity (Wildman–Crippen MR) is 58.5 cm³/mol. The summed E-state index contributed by atoms with van der Waals surface area (Å²) in [5.74, 6) is 0. The lowest BCUT2D eigenvalue weighted by Crippen LogP contribution is -2.16. The van der Waals surface area contributed by atoms with Gasteiger partial charge in [0.05, 0.1) is 0 Å². The Hall–Kier alpha value is 0.01000. The molecule has 0 radical (unpaired) electrons. The van der Waals surface area contributed by atoms with Gasteiger partial charge in [-0.05, 0) is 38.1 Å². The van der Waals surface area contributed by atoms with Crippen LogP contribution in [0.15, 0.2) is 16.3 Å². The van der Waals surface area contributed by atoms with E-state index in [1.165, 1.54) is 22.6 Å². The third kappa shape index (κ3) is 2.09. The van der Waals surface area contributed by atoms with Gasteiger partial charge in [-0.15, -0.1) is 11.3 Å². The molecular weight excluding hydrogens is 200 g/mol. The molecule has 1 unspecified atom stereocenters. The predicted octanol–water partition coefficient (Wildman–Crippen LogP) is 3.68. The van der Waals surface area contributed by atoms with E-state index in [1.807, 2.05) is 23.1 Å². The molecule has 1 nitrogen and oxygen atoms in total. The monoisotopic (exact) mass is 214 g/mol. The zero-order valence-corrected chi connectivity index (χ0v) is 9.63. The van der Waals surface area contributed by atoms with Crippen molar-refractivity contribution in [3.8, 4) is 0 Å². The van der Waals surface area contributed by atoms with Crippen LogP contribution in [0, 0.1) is 6.92 Å². The average molecular weight is 214 g/mol. The van der Waals surface area contributed by atoms with E-state index in [4.69, 9.17) is 4.74 Å². The zero-order chi connectivity index (χ0) is 9.31. The summed E-state index contributed by atoms with van der Waals surface area (Å²) in [5, 5.41) is 2.15. The van der Waals surface area contributed by atoms with Crippen molar-refractivity contribution in [3.05, 3.63) is 16.3 Å². The van der Waals surface area contributed by atoms with Crippen LogP contribution in [-0.4, -0.2) is 11.5 Å². The molecule has 13 heavy (non-hydrogen) atoms. The molecule has 2 heterocycles. The minimum Gasteiger partial charge on any atom is -0.364 e. The molecular formula is C10H14OS2. The molecule has 0 aromatic carbocycles. The van der Waals surface area contributed by atoms with Gasteiger partial charge < -0.3 is 4.74 Å². The molecule has 0 bridgehead atoms. The number of rotatable bonds is 2. The molecule has 1 aromatic heterocycles. The minimum atomic E-state index is 0.0336. The number of aryl methyl sites for hydroxylation is 1. The van der Waals surface area contributed by atoms with Crippen molar-refractivity contribution in [2.45, 2.75) is 36.5 Å². The van der Waals surface area contributed by atoms with Crippen molar-refractivity contribution in [3.63, 3.8) is 0 Å². The van der Waals surface area contributed by atoms with Gasteiger partial charge in [0.2, 0.25) is 0 Å². The van der Waals surface area contributed by atoms with Crippen molar-refractivity contribution >= 4 is 23.1 Å². The maximum Gasteiger partial charge on any atom is 0.115 e. The smallest absolute Gasteiger partial charge is 0.115 e. The van der Waals surface area contributed by atoms with Crippen LogP contribution in [-0.2, 0) is 4.74 Å². The Balaban J connectivity index is 2.09. The van der Waals surface area contributed by atoms with Crippen molar-refractivity contribution in [2.75, 3.05) is 6.61 Å². The lowest BCUT2D eigenvalue weighted by molar-refractivity contribution is 0.0970. The summed E-state index contributed by atoms with van der Waals surface area (Å²) in [6.07, 6.45) is 2.37. The van der Waals surface area contributed by atoms with Crippen LogP contribution in [0.25, 0.3) is 0 Å². The lowest BCUT2D eigenvalue weighted by Gasteiger charge is -2.21. The average Bonchev–Trinajstić information content (AvgIpc) is 2.64. The highest BCUT2D eigenvalue weighted by molar-refractivity contribution is 8.00. The van der Waals surface area contributed by atoms with E-state index >= 15 is 0 Å². The maximum absolute atomic E-state index is 5.74. The first kappa shape index (κ1) is 9.56. The van der Waals surface area contributed by atoms with Gasteiger partial charge in [0.25, 0.3) is 0 Å². The summed E-state index contributed by atoms with van der Waals surface area (Å²) in [6.45, 7) is 5.29. The first-order valence-corrected chi connectivity index (χ1v) is 6.26. The molecule has 1 aromatic rings. The summed E-state index contributed by atoms with van der Waals surface area (Å²) in [7, 11) is 0. The molecule has 1 aliphatic rings. The van der Waals surface area contributed by atoms with Crippen molar-refractivity contribution in [1.82, 2.24) is 0 Å². The number of thioether (sulfide) groups is 1. The number of hydrogen-bond donors (Lipinski definition) is 0. The van der Waals surface area contributed by atoms with Gasteiger partial charge in [-0.2, -0.15) is 0 Å². The van der Waals surface area contributed by atoms with Gasteiger partial charge >= 0.3 is 0 Å². The van der Waals surface area contributed by atoms with Gasteiger partial charge in [0.15, 0.2) is 0 Å². The molecule has 0 amide bonds. The molecule has 0 N–H and O–H groups in total. The fourth-order valence-electron chi connectivity index (χ4n) is 1.55. The highest BCUT2D eigenvalue weighted by Gasteiger charge is 2.31. The Bertz CT molecular complexity index is 287. The summed E-state index contributed by atoms with van der Waals surface area (Å²) in [6, 6.07) is 2.19. The fraction of sp³-hybridized carbons (Fsp3) is 0.600. The second-order valence-electron chi connectivity index (χ2n) is 3.53. The summed E-state index contributed by atoms with van der Waals surface area (Å²) < 4.78 is 5.74. The zero-order valence-electron chi connectivity index (χ0n) is 8.00. The molecule has 1 aliphatic heterocycles. The van der Waals surface area contributed by atoms with E-state index in [2.05, 4.69) is 25.3 Å². The Morgan fingerprint density at radius 3 is 3.00 bits per heavy atom. The van der Waals surface area contributed by atoms with Crippen LogP contribution in [0.2, 0.25) is 0 Å². The summed E-state index contributed by atoms with van der Waals surface area (Å²) >= 11 is 3.69. The van der Waals surface area contributed by atoms with Crippen LogP contribution in [0.3, 0.4) is 0 Å². The minimum absolute atomic E-state index is 0.0336. The van der Waals surface area contributed by atoms with Gasteiger partial charge in [-0.25, -0.2) is 0 Å². The van der Waals surface area contributed by atoms with E-state index in [-0.39, 0.29) is 4.93 Å². The Morgan fingerprint density at radius 2 is 2.46 bits per heavy atom. The third-order valence-electron chi connectivity index (χ3n) is 2.32. The number of thiophene rings is 1. The number of ether oxygens (including phenoxy) is 1. The van der Waals surface area contributed by atoms with Crippen molar-refractivity contribution in [1.29, 1.82) is 0 Å². The SMILES string of the molecule is Cc1sccc1SC1(C)CCCO1. The molecule has 0 saturated carbocycles. The van der Waals surface area contributed by atoms with E-state index in [9.17, 15) is 0 Å². The second kappa shape index (κ2) is 3.64. The Labute approximate surface area is 87.5 Å². The Kier molecular flexibility index (Phi) is 2.67. The van der Waals surface area contributed by atoms with Gasteiger partial charge in [-0.1, -0.05) is 11.8 Å². The summed E-state index contributed by atoms with van der Waals surface area (Å²) in [5.41, 5.74) is 0. The lowest BCUT2D eigenvalue weighted by atomic mass is 10.3. The Morgan fingerprint density at radius 1 is 1.62 bits per heavy atom. The topological polar surface area (TPSA) is 9.23 Å². The molecule has 1 atom stereocenters. The standard InChI is InChI=1S/C10H14OS2/c1-8-9(4-7-12-8)13-10(2)5-3-6-11-10/h4,7H,3,5-6H2,1-2H3. The highest BCUT2D eigenvalue weighted by Crippen LogP contribution is 2.43. The molecule has 1 fully saturated rings. The molecule has 3 heteroatoms. The van der Waals surface area contributed by atoms with Crippen molar-refractivity contribution in [2.24, 2.45) is 0 Å². The van der Waals surface area contributed by atoms with Crippen LogP contribution in [0.5, 0.6) is 0 Å². The highest BCUT2D eigenvalue weighted by atomic mass is 32.2. The van der Waals surface area contributed by atoms with Gasteiger partial charge in [0.1, 0.15) is 4.93 Å². The van der Waals surface area contributed by atoms with Gasteiger partial charge in [0, 0.05) is 16.4 Å². The first-order chi connectivity index (χ1) is 6.20. The van der Waals surface area contributed by atoms with E-state index < -0.39 is 0 Å². The fourth-order valence-corrected chi connectivity index (χ4v) is 3.63. The molecule has 1 saturated heterocycles. The normalized spacial score (nSPS) is 28.2. The quantitative estimate of drug-likeness (QED) is 0.743. The van der Waals surface area contributed by atoms with Crippen LogP contribution in [0.1, 0.15) is 24.6 Å². The molecule has 0 spiro atoms. The second-order valence-corrected chi connectivity index (χ2v) is 6.16. The van der Waals surface area contributed by atoms with Crippen LogP contribution < -0.4 is 0 Å². The molecule has 72 valence electrons. The molecule has 0 aliphatic carbocycles. The van der Waals surface area contributed by atoms with E-state index in [0.717, 1.165) is 6.61 Å². The number of hydrogen-bond acceptors (Lipinski definition) is 3. The van der Waals surface area contributed by atoms with Gasteiger partial charge in [-0.3, -0.25) is 0 Å². The largest absolute Gasteiger partial charge is 0.364 e. The van der Waals surface area contributed by atoms with E-state index in [1.54, 1.807) is 0 Å². The van der Waals surface area contributed by atoms with Crippen molar-refractivity contribution < 1.29 is 4.74 Å². The summed E-state index contributed by atoms with van der Waals surface area (Å²) in [4.78, 5) is 2.82. The first-order valence-electron chi connectivity index (χ1n) is 4.57. The van der Waals surface area contributed by atoms with Crippen LogP contribution in [0.4, 0.5) is 0 Å². The van der Waals surface area contributed by atoms with Crippen LogP contribution >= 0.6 is 23.1 Å². The third-order valence-corrected chi connectivity index (χ3v) is 4.71. The van der Waals surface area contributed by atoms with E-state index in [0.29, 0.717) is 0 Å².